The van der Waals surface area contributed by atoms with E-state index in [-0.39, 0.29) is 6.04 Å². The molecule has 1 fully saturated rings. The fourth-order valence-electron chi connectivity index (χ4n) is 1.63. The Hall–Kier alpha value is -0.410. The molecular formula is C10H13BrN2. The third-order valence-electron chi connectivity index (χ3n) is 2.62. The van der Waals surface area contributed by atoms with E-state index < -0.39 is 0 Å². The Morgan fingerprint density at radius 2 is 2.31 bits per heavy atom. The van der Waals surface area contributed by atoms with Crippen molar-refractivity contribution in [2.24, 2.45) is 11.7 Å². The maximum absolute atomic E-state index is 6.13. The van der Waals surface area contributed by atoms with Gasteiger partial charge in [-0.05, 0) is 53.2 Å². The van der Waals surface area contributed by atoms with Crippen LogP contribution in [0.15, 0.2) is 16.9 Å². The van der Waals surface area contributed by atoms with Crippen LogP contribution in [0.3, 0.4) is 0 Å². The molecule has 1 aliphatic rings. The predicted molar refractivity (Wildman–Crippen MR) is 56.3 cm³/mol. The summed E-state index contributed by atoms with van der Waals surface area (Å²) in [6.45, 7) is 2.09. The van der Waals surface area contributed by atoms with Crippen LogP contribution >= 0.6 is 15.9 Å². The highest BCUT2D eigenvalue weighted by atomic mass is 79.9. The van der Waals surface area contributed by atoms with Crippen molar-refractivity contribution in [3.05, 3.63) is 28.0 Å². The summed E-state index contributed by atoms with van der Waals surface area (Å²) in [6, 6.07) is 2.19. The monoisotopic (exact) mass is 240 g/mol. The first-order valence-electron chi connectivity index (χ1n) is 4.56. The number of nitrogens with zero attached hydrogens (tertiary/aromatic N) is 1. The second-order valence-electron chi connectivity index (χ2n) is 3.70. The second-order valence-corrected chi connectivity index (χ2v) is 4.45. The maximum atomic E-state index is 6.13. The van der Waals surface area contributed by atoms with E-state index in [1.54, 1.807) is 0 Å². The highest BCUT2D eigenvalue weighted by Gasteiger charge is 2.31. The third kappa shape index (κ3) is 1.76. The molecule has 2 rings (SSSR count). The highest BCUT2D eigenvalue weighted by Crippen LogP contribution is 2.41. The van der Waals surface area contributed by atoms with Crippen molar-refractivity contribution in [1.29, 1.82) is 0 Å². The summed E-state index contributed by atoms with van der Waals surface area (Å²) >= 11 is 3.45. The molecule has 1 aromatic rings. The average Bonchev–Trinajstić information content (AvgIpc) is 2.85. The number of rotatable bonds is 2. The first kappa shape index (κ1) is 9.16. The summed E-state index contributed by atoms with van der Waals surface area (Å²) in [5.41, 5.74) is 8.55. The number of aryl methyl sites for hydroxylation is 1. The van der Waals surface area contributed by atoms with Gasteiger partial charge in [0.25, 0.3) is 0 Å². The van der Waals surface area contributed by atoms with Crippen molar-refractivity contribution in [2.45, 2.75) is 25.8 Å². The van der Waals surface area contributed by atoms with E-state index in [1.165, 1.54) is 24.0 Å². The van der Waals surface area contributed by atoms with Crippen molar-refractivity contribution in [3.8, 4) is 0 Å². The fourth-order valence-corrected chi connectivity index (χ4v) is 2.32. The lowest BCUT2D eigenvalue weighted by Crippen LogP contribution is -2.15. The van der Waals surface area contributed by atoms with Crippen molar-refractivity contribution in [1.82, 2.24) is 4.98 Å². The van der Waals surface area contributed by atoms with E-state index in [2.05, 4.69) is 27.8 Å². The maximum Gasteiger partial charge on any atom is 0.111 e. The summed E-state index contributed by atoms with van der Waals surface area (Å²) in [5, 5.41) is 0. The summed E-state index contributed by atoms with van der Waals surface area (Å²) in [6.07, 6.45) is 4.34. The van der Waals surface area contributed by atoms with Gasteiger partial charge in [-0.15, -0.1) is 0 Å². The molecule has 2 nitrogen and oxygen atoms in total. The van der Waals surface area contributed by atoms with Crippen LogP contribution in [0.1, 0.15) is 30.0 Å². The first-order chi connectivity index (χ1) is 6.20. The van der Waals surface area contributed by atoms with E-state index in [0.29, 0.717) is 5.92 Å². The molecule has 0 aromatic carbocycles. The molecule has 0 saturated heterocycles. The van der Waals surface area contributed by atoms with Gasteiger partial charge in [0.15, 0.2) is 0 Å². The van der Waals surface area contributed by atoms with E-state index in [4.69, 9.17) is 5.73 Å². The highest BCUT2D eigenvalue weighted by molar-refractivity contribution is 9.10. The molecule has 2 N–H and O–H groups in total. The van der Waals surface area contributed by atoms with Crippen molar-refractivity contribution in [2.75, 3.05) is 0 Å². The Bertz CT molecular complexity index is 300. The number of hydrogen-bond acceptors (Lipinski definition) is 2. The second kappa shape index (κ2) is 3.39. The minimum atomic E-state index is 0.170. The molecule has 3 heteroatoms. The van der Waals surface area contributed by atoms with Gasteiger partial charge in [0.05, 0.1) is 0 Å². The molecule has 70 valence electrons. The molecule has 1 aliphatic carbocycles. The number of hydrogen-bond donors (Lipinski definition) is 1. The molecule has 0 aliphatic heterocycles. The smallest absolute Gasteiger partial charge is 0.111 e. The lowest BCUT2D eigenvalue weighted by atomic mass is 10.0. The Labute approximate surface area is 86.7 Å². The van der Waals surface area contributed by atoms with Crippen LogP contribution in [0.5, 0.6) is 0 Å². The van der Waals surface area contributed by atoms with Gasteiger partial charge in [-0.2, -0.15) is 0 Å². The van der Waals surface area contributed by atoms with Gasteiger partial charge in [0.2, 0.25) is 0 Å². The molecule has 1 saturated carbocycles. The normalized spacial score (nSPS) is 18.7. The summed E-state index contributed by atoms with van der Waals surface area (Å²) in [7, 11) is 0. The zero-order valence-corrected chi connectivity index (χ0v) is 9.21. The summed E-state index contributed by atoms with van der Waals surface area (Å²) in [4.78, 5) is 4.21. The van der Waals surface area contributed by atoms with Gasteiger partial charge in [0.1, 0.15) is 4.60 Å². The van der Waals surface area contributed by atoms with Crippen LogP contribution in [0.2, 0.25) is 0 Å². The van der Waals surface area contributed by atoms with Crippen LogP contribution in [-0.4, -0.2) is 4.98 Å². The standard InChI is InChI=1S/C10H13BrN2/c1-6-4-5-13-10(11)8(6)9(12)7-2-3-7/h4-5,7,9H,2-3,12H2,1H3/t9-/m0/s1. The Morgan fingerprint density at radius 3 is 2.85 bits per heavy atom. The van der Waals surface area contributed by atoms with Gasteiger partial charge < -0.3 is 5.73 Å². The quantitative estimate of drug-likeness (QED) is 0.808. The topological polar surface area (TPSA) is 38.9 Å². The van der Waals surface area contributed by atoms with Gasteiger partial charge in [-0.25, -0.2) is 4.98 Å². The van der Waals surface area contributed by atoms with Crippen LogP contribution in [-0.2, 0) is 0 Å². The van der Waals surface area contributed by atoms with E-state index in [0.717, 1.165) is 4.60 Å². The van der Waals surface area contributed by atoms with Gasteiger partial charge in [0, 0.05) is 17.8 Å². The molecule has 1 atom stereocenters. The fraction of sp³-hybridized carbons (Fsp3) is 0.500. The minimum absolute atomic E-state index is 0.170. The molecule has 0 amide bonds. The predicted octanol–water partition coefficient (Wildman–Crippen LogP) is 2.56. The lowest BCUT2D eigenvalue weighted by Gasteiger charge is -2.14. The van der Waals surface area contributed by atoms with Crippen LogP contribution in [0.4, 0.5) is 0 Å². The Kier molecular flexibility index (Phi) is 2.39. The van der Waals surface area contributed by atoms with E-state index in [9.17, 15) is 0 Å². The Morgan fingerprint density at radius 1 is 1.62 bits per heavy atom. The van der Waals surface area contributed by atoms with E-state index in [1.807, 2.05) is 12.3 Å². The molecule has 0 spiro atoms. The third-order valence-corrected chi connectivity index (χ3v) is 3.25. The summed E-state index contributed by atoms with van der Waals surface area (Å²) in [5.74, 6) is 0.680. The molecule has 1 aromatic heterocycles. The number of aromatic nitrogens is 1. The summed E-state index contributed by atoms with van der Waals surface area (Å²) < 4.78 is 0.909. The Balaban J connectivity index is 2.36. The minimum Gasteiger partial charge on any atom is -0.324 e. The lowest BCUT2D eigenvalue weighted by molar-refractivity contribution is 0.623. The van der Waals surface area contributed by atoms with Crippen molar-refractivity contribution in [3.63, 3.8) is 0 Å². The molecular weight excluding hydrogens is 228 g/mol. The molecule has 13 heavy (non-hydrogen) atoms. The van der Waals surface area contributed by atoms with Crippen molar-refractivity contribution >= 4 is 15.9 Å². The van der Waals surface area contributed by atoms with E-state index >= 15 is 0 Å². The number of halogens is 1. The number of nitrogens with two attached hydrogens (primary N) is 1. The van der Waals surface area contributed by atoms with Crippen LogP contribution in [0, 0.1) is 12.8 Å². The zero-order valence-electron chi connectivity index (χ0n) is 7.63. The molecule has 0 radical (unpaired) electrons. The van der Waals surface area contributed by atoms with Crippen LogP contribution in [0.25, 0.3) is 0 Å². The zero-order chi connectivity index (χ0) is 9.42. The molecule has 0 bridgehead atoms. The average molecular weight is 241 g/mol. The van der Waals surface area contributed by atoms with Gasteiger partial charge >= 0.3 is 0 Å². The first-order valence-corrected chi connectivity index (χ1v) is 5.36. The van der Waals surface area contributed by atoms with Gasteiger partial charge in [-0.1, -0.05) is 0 Å². The SMILES string of the molecule is Cc1ccnc(Br)c1[C@@H](N)C1CC1. The largest absolute Gasteiger partial charge is 0.324 e. The van der Waals surface area contributed by atoms with Gasteiger partial charge in [-0.3, -0.25) is 0 Å². The van der Waals surface area contributed by atoms with Crippen molar-refractivity contribution < 1.29 is 0 Å². The molecule has 1 heterocycles. The molecule has 0 unspecified atom stereocenters. The van der Waals surface area contributed by atoms with Crippen LogP contribution < -0.4 is 5.73 Å². The number of pyridine rings is 1.